The highest BCUT2D eigenvalue weighted by Crippen LogP contribution is 2.21. The molecule has 5 nitrogen and oxygen atoms in total. The average molecular weight is 259 g/mol. The Morgan fingerprint density at radius 1 is 1.22 bits per heavy atom. The van der Waals surface area contributed by atoms with Gasteiger partial charge < -0.3 is 15.9 Å². The zero-order valence-corrected chi connectivity index (χ0v) is 9.19. The molecule has 0 aliphatic carbocycles. The lowest BCUT2D eigenvalue weighted by Crippen LogP contribution is -2.14. The van der Waals surface area contributed by atoms with Crippen LogP contribution in [0.15, 0.2) is 12.1 Å². The van der Waals surface area contributed by atoms with Crippen LogP contribution in [0.1, 0.15) is 34.8 Å². The molecular formula is C11H11F2NO4. The second kappa shape index (κ2) is 5.54. The van der Waals surface area contributed by atoms with Crippen molar-refractivity contribution in [3.05, 3.63) is 34.9 Å². The summed E-state index contributed by atoms with van der Waals surface area (Å²) in [5, 5.41) is 17.0. The molecule has 1 aromatic carbocycles. The van der Waals surface area contributed by atoms with E-state index in [4.69, 9.17) is 15.9 Å². The van der Waals surface area contributed by atoms with Crippen LogP contribution in [0, 0.1) is 11.6 Å². The predicted octanol–water partition coefficient (Wildman–Crippen LogP) is 1.53. The topological polar surface area (TPSA) is 101 Å². The van der Waals surface area contributed by atoms with Crippen molar-refractivity contribution in [2.75, 3.05) is 0 Å². The Balaban J connectivity index is 2.98. The maximum absolute atomic E-state index is 13.3. The fraction of sp³-hybridized carbons (Fsp3) is 0.273. The van der Waals surface area contributed by atoms with Crippen LogP contribution in [0.3, 0.4) is 0 Å². The first kappa shape index (κ1) is 14.0. The van der Waals surface area contributed by atoms with Gasteiger partial charge in [-0.3, -0.25) is 4.79 Å². The van der Waals surface area contributed by atoms with Crippen LogP contribution in [0.25, 0.3) is 0 Å². The van der Waals surface area contributed by atoms with E-state index in [1.807, 2.05) is 0 Å². The third-order valence-corrected chi connectivity index (χ3v) is 2.38. The lowest BCUT2D eigenvalue weighted by Gasteiger charge is -2.12. The van der Waals surface area contributed by atoms with E-state index in [9.17, 15) is 18.4 Å². The standard InChI is InChI=1S/C11H11F2NO4/c12-6-3-5(8(14)1-2-9(15)16)4-7(13)10(6)11(17)18/h3-4,8H,1-2,14H2,(H,15,16)(H,17,18). The van der Waals surface area contributed by atoms with E-state index in [0.717, 1.165) is 12.1 Å². The van der Waals surface area contributed by atoms with Crippen molar-refractivity contribution >= 4 is 11.9 Å². The Labute approximate surface area is 101 Å². The number of nitrogens with two attached hydrogens (primary N) is 1. The van der Waals surface area contributed by atoms with Crippen LogP contribution in [0.2, 0.25) is 0 Å². The summed E-state index contributed by atoms with van der Waals surface area (Å²) >= 11 is 0. The molecule has 18 heavy (non-hydrogen) atoms. The van der Waals surface area contributed by atoms with Crippen molar-refractivity contribution in [2.45, 2.75) is 18.9 Å². The maximum atomic E-state index is 13.3. The summed E-state index contributed by atoms with van der Waals surface area (Å²) in [6.07, 6.45) is -0.244. The number of carbonyl (C=O) groups is 2. The summed E-state index contributed by atoms with van der Waals surface area (Å²) in [6, 6.07) is 0.742. The van der Waals surface area contributed by atoms with Crippen LogP contribution in [0.4, 0.5) is 8.78 Å². The number of rotatable bonds is 5. The average Bonchev–Trinajstić information content (AvgIpc) is 2.24. The molecule has 0 amide bonds. The largest absolute Gasteiger partial charge is 0.481 e. The highest BCUT2D eigenvalue weighted by Gasteiger charge is 2.20. The number of carboxylic acid groups (broad SMARTS) is 2. The minimum Gasteiger partial charge on any atom is -0.481 e. The molecule has 4 N–H and O–H groups in total. The lowest BCUT2D eigenvalue weighted by molar-refractivity contribution is -0.137. The highest BCUT2D eigenvalue weighted by molar-refractivity contribution is 5.88. The number of aliphatic carboxylic acids is 1. The Morgan fingerprint density at radius 2 is 1.72 bits per heavy atom. The van der Waals surface area contributed by atoms with Gasteiger partial charge in [0.05, 0.1) is 0 Å². The molecule has 0 aromatic heterocycles. The van der Waals surface area contributed by atoms with Gasteiger partial charge in [-0.05, 0) is 24.1 Å². The first-order valence-corrected chi connectivity index (χ1v) is 5.02. The molecule has 0 fully saturated rings. The van der Waals surface area contributed by atoms with Crippen LogP contribution in [0.5, 0.6) is 0 Å². The molecule has 0 spiro atoms. The van der Waals surface area contributed by atoms with Gasteiger partial charge in [0.1, 0.15) is 17.2 Å². The van der Waals surface area contributed by atoms with Gasteiger partial charge in [-0.15, -0.1) is 0 Å². The summed E-state index contributed by atoms with van der Waals surface area (Å²) in [6.45, 7) is 0. The van der Waals surface area contributed by atoms with Crippen molar-refractivity contribution in [3.8, 4) is 0 Å². The van der Waals surface area contributed by atoms with Gasteiger partial charge in [0.25, 0.3) is 0 Å². The number of aromatic carboxylic acids is 1. The van der Waals surface area contributed by atoms with E-state index in [1.165, 1.54) is 0 Å². The monoisotopic (exact) mass is 259 g/mol. The van der Waals surface area contributed by atoms with E-state index < -0.39 is 35.2 Å². The van der Waals surface area contributed by atoms with E-state index in [-0.39, 0.29) is 18.4 Å². The third kappa shape index (κ3) is 3.24. The van der Waals surface area contributed by atoms with Crippen LogP contribution in [-0.2, 0) is 4.79 Å². The molecule has 0 saturated carbocycles. The van der Waals surface area contributed by atoms with Crippen molar-refractivity contribution in [1.29, 1.82) is 0 Å². The van der Waals surface area contributed by atoms with Crippen molar-refractivity contribution in [2.24, 2.45) is 5.73 Å². The Bertz CT molecular complexity index is 467. The van der Waals surface area contributed by atoms with Crippen molar-refractivity contribution < 1.29 is 28.6 Å². The molecule has 0 saturated heterocycles. The van der Waals surface area contributed by atoms with Gasteiger partial charge in [0.15, 0.2) is 0 Å². The Kier molecular flexibility index (Phi) is 4.33. The van der Waals surface area contributed by atoms with Gasteiger partial charge in [-0.1, -0.05) is 0 Å². The fourth-order valence-electron chi connectivity index (χ4n) is 1.46. The smallest absolute Gasteiger partial charge is 0.341 e. The molecule has 1 unspecified atom stereocenters. The second-order valence-corrected chi connectivity index (χ2v) is 3.70. The first-order valence-electron chi connectivity index (χ1n) is 5.02. The van der Waals surface area contributed by atoms with Crippen molar-refractivity contribution in [3.63, 3.8) is 0 Å². The second-order valence-electron chi connectivity index (χ2n) is 3.70. The van der Waals surface area contributed by atoms with Gasteiger partial charge in [0, 0.05) is 12.5 Å². The first-order chi connectivity index (χ1) is 8.32. The zero-order valence-electron chi connectivity index (χ0n) is 9.19. The van der Waals surface area contributed by atoms with E-state index in [1.54, 1.807) is 0 Å². The summed E-state index contributed by atoms with van der Waals surface area (Å²) in [5.74, 6) is -5.25. The molecule has 0 radical (unpaired) electrons. The molecule has 1 atom stereocenters. The van der Waals surface area contributed by atoms with Gasteiger partial charge >= 0.3 is 11.9 Å². The van der Waals surface area contributed by atoms with Crippen molar-refractivity contribution in [1.82, 2.24) is 0 Å². The number of hydrogen-bond acceptors (Lipinski definition) is 3. The molecule has 1 aromatic rings. The number of benzene rings is 1. The lowest BCUT2D eigenvalue weighted by atomic mass is 10.0. The zero-order chi connectivity index (χ0) is 13.9. The summed E-state index contributed by atoms with van der Waals surface area (Å²) in [4.78, 5) is 20.9. The maximum Gasteiger partial charge on any atom is 0.341 e. The molecule has 0 aliphatic rings. The summed E-state index contributed by atoms with van der Waals surface area (Å²) < 4.78 is 26.7. The molecule has 0 heterocycles. The summed E-state index contributed by atoms with van der Waals surface area (Å²) in [7, 11) is 0. The van der Waals surface area contributed by atoms with E-state index in [2.05, 4.69) is 0 Å². The molecular weight excluding hydrogens is 248 g/mol. The SMILES string of the molecule is NC(CCC(=O)O)c1cc(F)c(C(=O)O)c(F)c1. The number of carboxylic acids is 2. The molecule has 0 bridgehead atoms. The molecule has 0 aliphatic heterocycles. The third-order valence-electron chi connectivity index (χ3n) is 2.38. The molecule has 7 heteroatoms. The predicted molar refractivity (Wildman–Crippen MR) is 57.1 cm³/mol. The molecule has 1 rings (SSSR count). The Hall–Kier alpha value is -2.02. The quantitative estimate of drug-likeness (QED) is 0.744. The van der Waals surface area contributed by atoms with Gasteiger partial charge in [0.2, 0.25) is 0 Å². The van der Waals surface area contributed by atoms with E-state index in [0.29, 0.717) is 0 Å². The fourth-order valence-corrected chi connectivity index (χ4v) is 1.46. The van der Waals surface area contributed by atoms with Gasteiger partial charge in [-0.25, -0.2) is 13.6 Å². The number of halogens is 2. The normalized spacial score (nSPS) is 12.2. The minimum atomic E-state index is -1.71. The molecule has 98 valence electrons. The van der Waals surface area contributed by atoms with Crippen LogP contribution in [-0.4, -0.2) is 22.2 Å². The van der Waals surface area contributed by atoms with Crippen LogP contribution < -0.4 is 5.73 Å². The highest BCUT2D eigenvalue weighted by atomic mass is 19.1. The van der Waals surface area contributed by atoms with Gasteiger partial charge in [-0.2, -0.15) is 0 Å². The Morgan fingerprint density at radius 3 is 2.11 bits per heavy atom. The van der Waals surface area contributed by atoms with Crippen LogP contribution >= 0.6 is 0 Å². The summed E-state index contributed by atoms with van der Waals surface area (Å²) in [5.41, 5.74) is 4.54. The number of hydrogen-bond donors (Lipinski definition) is 3. The minimum absolute atomic E-state index is 0.000626. The van der Waals surface area contributed by atoms with E-state index >= 15 is 0 Å².